The lowest BCUT2D eigenvalue weighted by molar-refractivity contribution is 0.110. The number of nitrogens with two attached hydrogens (primary N) is 1. The Hall–Kier alpha value is -1.31. The van der Waals surface area contributed by atoms with Crippen molar-refractivity contribution in [2.75, 3.05) is 19.5 Å². The van der Waals surface area contributed by atoms with Crippen molar-refractivity contribution < 1.29 is 18.3 Å². The molecule has 19 heavy (non-hydrogen) atoms. The molecule has 1 aromatic rings. The standard InChI is InChI=1S/C12H18N2O4S/c1-18-10-7-9(13)3-4-11(10)19(16,17)14-12(8-15)5-2-6-12/h3-4,7,14-15H,2,5-6,8,13H2,1H3. The van der Waals surface area contributed by atoms with E-state index in [9.17, 15) is 13.5 Å². The highest BCUT2D eigenvalue weighted by molar-refractivity contribution is 7.89. The Labute approximate surface area is 112 Å². The summed E-state index contributed by atoms with van der Waals surface area (Å²) in [7, 11) is -2.35. The number of anilines is 1. The number of benzene rings is 1. The predicted molar refractivity (Wildman–Crippen MR) is 71.4 cm³/mol. The zero-order chi connectivity index (χ0) is 14.1. The van der Waals surface area contributed by atoms with Crippen LogP contribution in [0.15, 0.2) is 23.1 Å². The van der Waals surface area contributed by atoms with Gasteiger partial charge in [0.2, 0.25) is 10.0 Å². The predicted octanol–water partition coefficient (Wildman–Crippen LogP) is 0.471. The van der Waals surface area contributed by atoms with Crippen LogP contribution in [0, 0.1) is 0 Å². The Bertz CT molecular complexity index is 562. The Morgan fingerprint density at radius 1 is 1.47 bits per heavy atom. The lowest BCUT2D eigenvalue weighted by Gasteiger charge is -2.40. The summed E-state index contributed by atoms with van der Waals surface area (Å²) in [5.74, 6) is 0.194. The molecule has 2 rings (SSSR count). The molecule has 0 aliphatic heterocycles. The van der Waals surface area contributed by atoms with Gasteiger partial charge in [-0.25, -0.2) is 13.1 Å². The van der Waals surface area contributed by atoms with Crippen molar-refractivity contribution in [1.82, 2.24) is 4.72 Å². The average molecular weight is 286 g/mol. The molecule has 1 saturated carbocycles. The maximum atomic E-state index is 12.3. The van der Waals surface area contributed by atoms with Crippen molar-refractivity contribution in [1.29, 1.82) is 0 Å². The van der Waals surface area contributed by atoms with E-state index in [4.69, 9.17) is 10.5 Å². The minimum atomic E-state index is -3.74. The van der Waals surface area contributed by atoms with Crippen molar-refractivity contribution in [3.63, 3.8) is 0 Å². The number of aliphatic hydroxyl groups excluding tert-OH is 1. The van der Waals surface area contributed by atoms with Crippen LogP contribution in [-0.2, 0) is 10.0 Å². The number of sulfonamides is 1. The second-order valence-electron chi connectivity index (χ2n) is 4.81. The molecule has 0 radical (unpaired) electrons. The number of methoxy groups -OCH3 is 1. The SMILES string of the molecule is COc1cc(N)ccc1S(=O)(=O)NC1(CO)CCC1. The van der Waals surface area contributed by atoms with Gasteiger partial charge in [-0.1, -0.05) is 0 Å². The number of hydrogen-bond acceptors (Lipinski definition) is 5. The van der Waals surface area contributed by atoms with Crippen molar-refractivity contribution >= 4 is 15.7 Å². The largest absolute Gasteiger partial charge is 0.495 e. The number of rotatable bonds is 5. The van der Waals surface area contributed by atoms with Crippen molar-refractivity contribution in [2.45, 2.75) is 29.7 Å². The van der Waals surface area contributed by atoms with Crippen LogP contribution in [-0.4, -0.2) is 32.8 Å². The van der Waals surface area contributed by atoms with Crippen LogP contribution in [0.1, 0.15) is 19.3 Å². The van der Waals surface area contributed by atoms with E-state index in [0.717, 1.165) is 6.42 Å². The molecule has 0 saturated heterocycles. The first-order valence-electron chi connectivity index (χ1n) is 6.01. The zero-order valence-corrected chi connectivity index (χ0v) is 11.5. The summed E-state index contributed by atoms with van der Waals surface area (Å²) in [6.45, 7) is -0.205. The smallest absolute Gasteiger partial charge is 0.244 e. The summed E-state index contributed by atoms with van der Waals surface area (Å²) < 4.78 is 32.3. The highest BCUT2D eigenvalue weighted by Gasteiger charge is 2.40. The lowest BCUT2D eigenvalue weighted by atomic mass is 9.78. The molecule has 106 valence electrons. The molecule has 1 aromatic carbocycles. The van der Waals surface area contributed by atoms with E-state index < -0.39 is 15.6 Å². The third kappa shape index (κ3) is 2.68. The summed E-state index contributed by atoms with van der Waals surface area (Å²) >= 11 is 0. The van der Waals surface area contributed by atoms with Crippen LogP contribution in [0.3, 0.4) is 0 Å². The topological polar surface area (TPSA) is 102 Å². The van der Waals surface area contributed by atoms with Crippen LogP contribution < -0.4 is 15.2 Å². The summed E-state index contributed by atoms with van der Waals surface area (Å²) in [4.78, 5) is 0.0314. The van der Waals surface area contributed by atoms with Crippen LogP contribution in [0.5, 0.6) is 5.75 Å². The molecule has 0 heterocycles. The van der Waals surface area contributed by atoms with Crippen LogP contribution >= 0.6 is 0 Å². The number of ether oxygens (including phenoxy) is 1. The van der Waals surface area contributed by atoms with E-state index in [-0.39, 0.29) is 17.3 Å². The van der Waals surface area contributed by atoms with Gasteiger partial charge in [0, 0.05) is 11.8 Å². The third-order valence-corrected chi connectivity index (χ3v) is 5.06. The summed E-state index contributed by atoms with van der Waals surface area (Å²) in [6.07, 6.45) is 2.18. The lowest BCUT2D eigenvalue weighted by Crippen LogP contribution is -2.55. The maximum Gasteiger partial charge on any atom is 0.244 e. The number of hydrogen-bond donors (Lipinski definition) is 3. The van der Waals surface area contributed by atoms with Gasteiger partial charge in [0.05, 0.1) is 19.3 Å². The first-order valence-corrected chi connectivity index (χ1v) is 7.49. The van der Waals surface area contributed by atoms with Crippen LogP contribution in [0.2, 0.25) is 0 Å². The molecule has 0 spiro atoms. The van der Waals surface area contributed by atoms with Gasteiger partial charge >= 0.3 is 0 Å². The third-order valence-electron chi connectivity index (χ3n) is 3.44. The molecule has 1 aliphatic rings. The van der Waals surface area contributed by atoms with E-state index in [1.807, 2.05) is 0 Å². The summed E-state index contributed by atoms with van der Waals surface area (Å²) in [5, 5.41) is 9.34. The second-order valence-corrected chi connectivity index (χ2v) is 6.46. The van der Waals surface area contributed by atoms with Crippen molar-refractivity contribution in [3.05, 3.63) is 18.2 Å². The molecule has 1 fully saturated rings. The number of nitrogen functional groups attached to an aromatic ring is 1. The fraction of sp³-hybridized carbons (Fsp3) is 0.500. The van der Waals surface area contributed by atoms with Crippen molar-refractivity contribution in [3.8, 4) is 5.75 Å². The number of nitrogens with one attached hydrogen (secondary N) is 1. The van der Waals surface area contributed by atoms with Gasteiger partial charge < -0.3 is 15.6 Å². The highest BCUT2D eigenvalue weighted by atomic mass is 32.2. The van der Waals surface area contributed by atoms with Gasteiger partial charge in [-0.2, -0.15) is 0 Å². The van der Waals surface area contributed by atoms with E-state index in [0.29, 0.717) is 18.5 Å². The molecule has 0 unspecified atom stereocenters. The molecule has 0 amide bonds. The highest BCUT2D eigenvalue weighted by Crippen LogP contribution is 2.34. The molecule has 0 bridgehead atoms. The molecule has 0 atom stereocenters. The van der Waals surface area contributed by atoms with E-state index in [1.54, 1.807) is 0 Å². The quantitative estimate of drug-likeness (QED) is 0.683. The monoisotopic (exact) mass is 286 g/mol. The van der Waals surface area contributed by atoms with Crippen LogP contribution in [0.25, 0.3) is 0 Å². The normalized spacial score (nSPS) is 17.8. The van der Waals surface area contributed by atoms with Crippen molar-refractivity contribution in [2.24, 2.45) is 0 Å². The van der Waals surface area contributed by atoms with Crippen LogP contribution in [0.4, 0.5) is 5.69 Å². The minimum absolute atomic E-state index is 0.0314. The van der Waals surface area contributed by atoms with Gasteiger partial charge in [-0.3, -0.25) is 0 Å². The van der Waals surface area contributed by atoms with E-state index in [2.05, 4.69) is 4.72 Å². The Balaban J connectivity index is 2.34. The van der Waals surface area contributed by atoms with Gasteiger partial charge in [0.1, 0.15) is 10.6 Å². The first kappa shape index (κ1) is 14.1. The van der Waals surface area contributed by atoms with Gasteiger partial charge in [-0.05, 0) is 31.4 Å². The Morgan fingerprint density at radius 2 is 2.16 bits per heavy atom. The molecule has 6 nitrogen and oxygen atoms in total. The first-order chi connectivity index (χ1) is 8.92. The van der Waals surface area contributed by atoms with Gasteiger partial charge in [0.25, 0.3) is 0 Å². The van der Waals surface area contributed by atoms with Gasteiger partial charge in [0.15, 0.2) is 0 Å². The maximum absolute atomic E-state index is 12.3. The number of aliphatic hydroxyl groups is 1. The molecular formula is C12H18N2O4S. The Morgan fingerprint density at radius 3 is 2.63 bits per heavy atom. The molecule has 1 aliphatic carbocycles. The molecular weight excluding hydrogens is 268 g/mol. The summed E-state index contributed by atoms with van der Waals surface area (Å²) in [5.41, 5.74) is 5.30. The minimum Gasteiger partial charge on any atom is -0.495 e. The van der Waals surface area contributed by atoms with E-state index in [1.165, 1.54) is 25.3 Å². The Kier molecular flexibility index (Phi) is 3.71. The fourth-order valence-electron chi connectivity index (χ4n) is 2.14. The average Bonchev–Trinajstić information content (AvgIpc) is 2.33. The molecule has 0 aromatic heterocycles. The molecule has 7 heteroatoms. The fourth-order valence-corrected chi connectivity index (χ4v) is 3.75. The zero-order valence-electron chi connectivity index (χ0n) is 10.7. The summed E-state index contributed by atoms with van der Waals surface area (Å²) in [6, 6.07) is 4.37. The second kappa shape index (κ2) is 4.99. The van der Waals surface area contributed by atoms with Gasteiger partial charge in [-0.15, -0.1) is 0 Å². The van der Waals surface area contributed by atoms with E-state index >= 15 is 0 Å². The molecule has 4 N–H and O–H groups in total.